The van der Waals surface area contributed by atoms with Crippen LogP contribution in [0.5, 0.6) is 0 Å². The molecule has 3 heteroatoms. The van der Waals surface area contributed by atoms with Gasteiger partial charge in [0, 0.05) is 25.6 Å². The van der Waals surface area contributed by atoms with E-state index >= 15 is 0 Å². The minimum Gasteiger partial charge on any atom is -0.324 e. The number of imidazole rings is 1. The smallest absolute Gasteiger partial charge is 0.111 e. The molecule has 0 amide bonds. The Labute approximate surface area is 128 Å². The number of aromatic nitrogens is 2. The quantitative estimate of drug-likeness (QED) is 0.786. The average molecular weight is 285 g/mol. The van der Waals surface area contributed by atoms with Gasteiger partial charge >= 0.3 is 0 Å². The van der Waals surface area contributed by atoms with Crippen molar-refractivity contribution < 1.29 is 0 Å². The van der Waals surface area contributed by atoms with E-state index in [1.807, 2.05) is 0 Å². The molecule has 114 valence electrons. The zero-order valence-corrected chi connectivity index (χ0v) is 13.7. The minimum atomic E-state index is 0.510. The van der Waals surface area contributed by atoms with Crippen molar-refractivity contribution in [2.75, 3.05) is 6.54 Å². The highest BCUT2D eigenvalue weighted by Crippen LogP contribution is 2.20. The normalized spacial score (nSPS) is 11.5. The molecule has 21 heavy (non-hydrogen) atoms. The van der Waals surface area contributed by atoms with Gasteiger partial charge in [-0.25, -0.2) is 4.98 Å². The molecule has 0 aliphatic rings. The van der Waals surface area contributed by atoms with Crippen LogP contribution in [0.4, 0.5) is 0 Å². The van der Waals surface area contributed by atoms with Crippen LogP contribution in [-0.2, 0) is 19.4 Å². The van der Waals surface area contributed by atoms with E-state index in [2.05, 4.69) is 62.4 Å². The number of benzene rings is 1. The summed E-state index contributed by atoms with van der Waals surface area (Å²) in [7, 11) is 0. The highest BCUT2D eigenvalue weighted by atomic mass is 15.1. The minimum absolute atomic E-state index is 0.510. The molecule has 2 aromatic rings. The molecule has 0 bridgehead atoms. The van der Waals surface area contributed by atoms with Crippen LogP contribution in [-0.4, -0.2) is 22.1 Å². The van der Waals surface area contributed by atoms with Gasteiger partial charge < -0.3 is 9.88 Å². The summed E-state index contributed by atoms with van der Waals surface area (Å²) < 4.78 is 2.30. The molecule has 0 saturated heterocycles. The first kappa shape index (κ1) is 15.8. The monoisotopic (exact) mass is 285 g/mol. The van der Waals surface area contributed by atoms with Crippen molar-refractivity contribution >= 4 is 11.0 Å². The van der Waals surface area contributed by atoms with Crippen LogP contribution in [0.1, 0.15) is 39.1 Å². The molecule has 3 nitrogen and oxygen atoms in total. The SMILES string of the molecule is C=C(C)Cn1c(CCNC(C)C)nc2cc(CC)ccc21. The fourth-order valence-electron chi connectivity index (χ4n) is 2.56. The third kappa shape index (κ3) is 3.94. The van der Waals surface area contributed by atoms with Gasteiger partial charge in [0.05, 0.1) is 11.0 Å². The van der Waals surface area contributed by atoms with Crippen LogP contribution in [0.3, 0.4) is 0 Å². The number of aryl methyl sites for hydroxylation is 1. The van der Waals surface area contributed by atoms with Crippen LogP contribution in [0.15, 0.2) is 30.4 Å². The van der Waals surface area contributed by atoms with Gasteiger partial charge in [-0.3, -0.25) is 0 Å². The first-order valence-corrected chi connectivity index (χ1v) is 7.87. The molecule has 1 N–H and O–H groups in total. The Morgan fingerprint density at radius 1 is 1.38 bits per heavy atom. The second-order valence-electron chi connectivity index (χ2n) is 6.11. The van der Waals surface area contributed by atoms with Gasteiger partial charge in [0.25, 0.3) is 0 Å². The predicted molar refractivity (Wildman–Crippen MR) is 90.8 cm³/mol. The lowest BCUT2D eigenvalue weighted by molar-refractivity contribution is 0.574. The largest absolute Gasteiger partial charge is 0.324 e. The van der Waals surface area contributed by atoms with Crippen LogP contribution in [0.25, 0.3) is 11.0 Å². The molecule has 1 aromatic heterocycles. The Morgan fingerprint density at radius 3 is 2.76 bits per heavy atom. The Kier molecular flexibility index (Phi) is 5.18. The maximum Gasteiger partial charge on any atom is 0.111 e. The first-order chi connectivity index (χ1) is 10.0. The highest BCUT2D eigenvalue weighted by molar-refractivity contribution is 5.77. The molecule has 1 aromatic carbocycles. The molecule has 0 saturated carbocycles. The average Bonchev–Trinajstić information content (AvgIpc) is 2.75. The summed E-state index contributed by atoms with van der Waals surface area (Å²) in [6.45, 7) is 14.5. The van der Waals surface area contributed by atoms with Crippen molar-refractivity contribution in [2.24, 2.45) is 0 Å². The van der Waals surface area contributed by atoms with Gasteiger partial charge in [0.15, 0.2) is 0 Å². The van der Waals surface area contributed by atoms with Gasteiger partial charge in [-0.2, -0.15) is 0 Å². The molecule has 0 spiro atoms. The van der Waals surface area contributed by atoms with Crippen LogP contribution < -0.4 is 5.32 Å². The lowest BCUT2D eigenvalue weighted by Gasteiger charge is -2.11. The Morgan fingerprint density at radius 2 is 2.14 bits per heavy atom. The number of hydrogen-bond acceptors (Lipinski definition) is 2. The van der Waals surface area contributed by atoms with E-state index in [0.717, 1.165) is 42.8 Å². The standard InChI is InChI=1S/C18H27N3/c1-6-15-7-8-17-16(11-15)20-18(9-10-19-14(4)5)21(17)12-13(2)3/h7-8,11,14,19H,2,6,9-10,12H2,1,3-5H3. The number of rotatable bonds is 7. The summed E-state index contributed by atoms with van der Waals surface area (Å²) >= 11 is 0. The molecule has 0 aliphatic carbocycles. The fourth-order valence-corrected chi connectivity index (χ4v) is 2.56. The number of hydrogen-bond donors (Lipinski definition) is 1. The number of nitrogens with one attached hydrogen (secondary N) is 1. The molecular formula is C18H27N3. The van der Waals surface area contributed by atoms with E-state index in [0.29, 0.717) is 6.04 Å². The van der Waals surface area contributed by atoms with Gasteiger partial charge in [-0.05, 0) is 31.0 Å². The van der Waals surface area contributed by atoms with Gasteiger partial charge in [0.2, 0.25) is 0 Å². The summed E-state index contributed by atoms with van der Waals surface area (Å²) in [6, 6.07) is 7.12. The third-order valence-electron chi connectivity index (χ3n) is 3.63. The lowest BCUT2D eigenvalue weighted by atomic mass is 10.1. The van der Waals surface area contributed by atoms with Crippen molar-refractivity contribution in [3.63, 3.8) is 0 Å². The highest BCUT2D eigenvalue weighted by Gasteiger charge is 2.11. The molecular weight excluding hydrogens is 258 g/mol. The van der Waals surface area contributed by atoms with Crippen LogP contribution >= 0.6 is 0 Å². The maximum absolute atomic E-state index is 4.85. The number of allylic oxidation sites excluding steroid dienone is 1. The number of fused-ring (bicyclic) bond motifs is 1. The molecule has 0 atom stereocenters. The molecule has 1 heterocycles. The molecule has 0 aliphatic heterocycles. The molecule has 0 unspecified atom stereocenters. The van der Waals surface area contributed by atoms with Crippen LogP contribution in [0.2, 0.25) is 0 Å². The van der Waals surface area contributed by atoms with Crippen molar-refractivity contribution in [2.45, 2.75) is 53.1 Å². The van der Waals surface area contributed by atoms with Crippen molar-refractivity contribution in [3.05, 3.63) is 41.7 Å². The second kappa shape index (κ2) is 6.90. The van der Waals surface area contributed by atoms with Crippen molar-refractivity contribution in [1.82, 2.24) is 14.9 Å². The zero-order chi connectivity index (χ0) is 15.4. The van der Waals surface area contributed by atoms with E-state index in [4.69, 9.17) is 4.98 Å². The summed E-state index contributed by atoms with van der Waals surface area (Å²) in [5, 5.41) is 3.47. The fraction of sp³-hybridized carbons (Fsp3) is 0.500. The topological polar surface area (TPSA) is 29.9 Å². The van der Waals surface area contributed by atoms with Crippen molar-refractivity contribution in [1.29, 1.82) is 0 Å². The van der Waals surface area contributed by atoms with Gasteiger partial charge in [-0.1, -0.05) is 39.0 Å². The summed E-state index contributed by atoms with van der Waals surface area (Å²) in [6.07, 6.45) is 2.00. The lowest BCUT2D eigenvalue weighted by Crippen LogP contribution is -2.25. The van der Waals surface area contributed by atoms with E-state index in [9.17, 15) is 0 Å². The van der Waals surface area contributed by atoms with E-state index in [-0.39, 0.29) is 0 Å². The molecule has 0 radical (unpaired) electrons. The maximum atomic E-state index is 4.85. The third-order valence-corrected chi connectivity index (χ3v) is 3.63. The predicted octanol–water partition coefficient (Wildman–Crippen LogP) is 3.72. The Bertz CT molecular complexity index is 623. The second-order valence-corrected chi connectivity index (χ2v) is 6.11. The summed E-state index contributed by atoms with van der Waals surface area (Å²) in [5.41, 5.74) is 4.83. The Hall–Kier alpha value is -1.61. The molecule has 2 rings (SSSR count). The van der Waals surface area contributed by atoms with Crippen molar-refractivity contribution in [3.8, 4) is 0 Å². The van der Waals surface area contributed by atoms with Crippen LogP contribution in [0, 0.1) is 0 Å². The first-order valence-electron chi connectivity index (χ1n) is 7.87. The number of nitrogens with zero attached hydrogens (tertiary/aromatic N) is 2. The molecule has 0 fully saturated rings. The van der Waals surface area contributed by atoms with E-state index in [1.165, 1.54) is 11.1 Å². The summed E-state index contributed by atoms with van der Waals surface area (Å²) in [4.78, 5) is 4.85. The van der Waals surface area contributed by atoms with E-state index in [1.54, 1.807) is 0 Å². The van der Waals surface area contributed by atoms with E-state index < -0.39 is 0 Å². The van der Waals surface area contributed by atoms with Gasteiger partial charge in [0.1, 0.15) is 5.82 Å². The summed E-state index contributed by atoms with van der Waals surface area (Å²) in [5.74, 6) is 1.15. The Balaban J connectivity index is 2.34. The van der Waals surface area contributed by atoms with Gasteiger partial charge in [-0.15, -0.1) is 0 Å². The zero-order valence-electron chi connectivity index (χ0n) is 13.7.